The Morgan fingerprint density at radius 1 is 1.35 bits per heavy atom. The van der Waals surface area contributed by atoms with Gasteiger partial charge in [0.25, 0.3) is 0 Å². The second kappa shape index (κ2) is 4.53. The molecule has 0 saturated carbocycles. The molecule has 90 valence electrons. The van der Waals surface area contributed by atoms with Gasteiger partial charge in [-0.2, -0.15) is 5.10 Å². The monoisotopic (exact) mass is 234 g/mol. The lowest BCUT2D eigenvalue weighted by molar-refractivity contribution is 0.621. The highest BCUT2D eigenvalue weighted by molar-refractivity contribution is 5.36. The Morgan fingerprint density at radius 3 is 2.65 bits per heavy atom. The average Bonchev–Trinajstić information content (AvgIpc) is 2.54. The Morgan fingerprint density at radius 2 is 2.12 bits per heavy atom. The fourth-order valence-electron chi connectivity index (χ4n) is 1.73. The molecule has 0 fully saturated rings. The van der Waals surface area contributed by atoms with Crippen LogP contribution in [-0.4, -0.2) is 14.8 Å². The smallest absolute Gasteiger partial charge is 0.141 e. The maximum atomic E-state index is 12.7. The highest BCUT2D eigenvalue weighted by Crippen LogP contribution is 2.13. The number of hydrogen-bond acceptors (Lipinski definition) is 3. The molecule has 0 aromatic carbocycles. The molecule has 2 heterocycles. The van der Waals surface area contributed by atoms with Gasteiger partial charge in [-0.05, 0) is 26.0 Å². The summed E-state index contributed by atoms with van der Waals surface area (Å²) >= 11 is 0. The van der Waals surface area contributed by atoms with E-state index in [4.69, 9.17) is 0 Å². The van der Waals surface area contributed by atoms with E-state index >= 15 is 0 Å². The first-order valence-electron chi connectivity index (χ1n) is 5.42. The Balaban J connectivity index is 2.09. The molecule has 2 rings (SSSR count). The summed E-state index contributed by atoms with van der Waals surface area (Å²) < 4.78 is 14.5. The summed E-state index contributed by atoms with van der Waals surface area (Å²) in [5.74, 6) is 0.332. The molecule has 2 aromatic heterocycles. The molecule has 0 saturated heterocycles. The van der Waals surface area contributed by atoms with Gasteiger partial charge in [-0.3, -0.25) is 4.68 Å². The first-order valence-corrected chi connectivity index (χ1v) is 5.42. The van der Waals surface area contributed by atoms with Crippen LogP contribution in [0.2, 0.25) is 0 Å². The number of pyridine rings is 1. The van der Waals surface area contributed by atoms with Crippen molar-refractivity contribution in [2.24, 2.45) is 7.05 Å². The molecule has 0 atom stereocenters. The maximum Gasteiger partial charge on any atom is 0.141 e. The van der Waals surface area contributed by atoms with E-state index in [1.54, 1.807) is 6.07 Å². The third kappa shape index (κ3) is 2.43. The van der Waals surface area contributed by atoms with E-state index in [0.29, 0.717) is 12.4 Å². The molecule has 4 nitrogen and oxygen atoms in total. The van der Waals surface area contributed by atoms with Crippen molar-refractivity contribution in [2.45, 2.75) is 20.4 Å². The van der Waals surface area contributed by atoms with Crippen LogP contribution in [0.15, 0.2) is 18.3 Å². The zero-order valence-corrected chi connectivity index (χ0v) is 10.2. The third-order valence-corrected chi connectivity index (χ3v) is 2.83. The molecule has 0 amide bonds. The SMILES string of the molecule is Cc1nn(C)c(C)c1CNc1ccc(F)cn1. The van der Waals surface area contributed by atoms with Gasteiger partial charge in [-0.25, -0.2) is 9.37 Å². The molecule has 0 aliphatic rings. The van der Waals surface area contributed by atoms with Gasteiger partial charge in [0.2, 0.25) is 0 Å². The Bertz CT molecular complexity index is 516. The number of hydrogen-bond donors (Lipinski definition) is 1. The van der Waals surface area contributed by atoms with Gasteiger partial charge in [-0.15, -0.1) is 0 Å². The summed E-state index contributed by atoms with van der Waals surface area (Å²) in [4.78, 5) is 3.95. The summed E-state index contributed by atoms with van der Waals surface area (Å²) in [6, 6.07) is 3.01. The van der Waals surface area contributed by atoms with Crippen LogP contribution in [0, 0.1) is 19.7 Å². The molecular weight excluding hydrogens is 219 g/mol. The molecule has 0 aliphatic carbocycles. The lowest BCUT2D eigenvalue weighted by Gasteiger charge is -2.05. The normalized spacial score (nSPS) is 10.6. The lowest BCUT2D eigenvalue weighted by atomic mass is 10.2. The molecule has 17 heavy (non-hydrogen) atoms. The van der Waals surface area contributed by atoms with E-state index in [9.17, 15) is 4.39 Å². The molecule has 0 unspecified atom stereocenters. The Labute approximate surface area is 99.5 Å². The van der Waals surface area contributed by atoms with Crippen molar-refractivity contribution in [3.8, 4) is 0 Å². The van der Waals surface area contributed by atoms with Crippen molar-refractivity contribution in [3.63, 3.8) is 0 Å². The van der Waals surface area contributed by atoms with Gasteiger partial charge in [0.1, 0.15) is 11.6 Å². The van der Waals surface area contributed by atoms with Crippen molar-refractivity contribution in [1.29, 1.82) is 0 Å². The third-order valence-electron chi connectivity index (χ3n) is 2.83. The first kappa shape index (κ1) is 11.6. The number of anilines is 1. The summed E-state index contributed by atoms with van der Waals surface area (Å²) in [6.45, 7) is 4.64. The molecule has 0 radical (unpaired) electrons. The van der Waals surface area contributed by atoms with Crippen LogP contribution in [0.25, 0.3) is 0 Å². The predicted octanol–water partition coefficient (Wildman–Crippen LogP) is 2.18. The Hall–Kier alpha value is -1.91. The molecular formula is C12H15FN4. The number of nitrogens with zero attached hydrogens (tertiary/aromatic N) is 3. The molecule has 1 N–H and O–H groups in total. The van der Waals surface area contributed by atoms with Gasteiger partial charge < -0.3 is 5.32 Å². The van der Waals surface area contributed by atoms with Crippen LogP contribution < -0.4 is 5.32 Å². The predicted molar refractivity (Wildman–Crippen MR) is 64.2 cm³/mol. The fraction of sp³-hybridized carbons (Fsp3) is 0.333. The minimum absolute atomic E-state index is 0.329. The van der Waals surface area contributed by atoms with Gasteiger partial charge >= 0.3 is 0 Å². The average molecular weight is 234 g/mol. The zero-order valence-electron chi connectivity index (χ0n) is 10.2. The van der Waals surface area contributed by atoms with E-state index in [2.05, 4.69) is 15.4 Å². The number of nitrogens with one attached hydrogen (secondary N) is 1. The van der Waals surface area contributed by atoms with E-state index in [-0.39, 0.29) is 5.82 Å². The second-order valence-corrected chi connectivity index (χ2v) is 3.99. The summed E-state index contributed by atoms with van der Waals surface area (Å²) in [5.41, 5.74) is 3.27. The van der Waals surface area contributed by atoms with Crippen LogP contribution in [0.5, 0.6) is 0 Å². The van der Waals surface area contributed by atoms with Gasteiger partial charge in [0, 0.05) is 24.8 Å². The minimum Gasteiger partial charge on any atom is -0.366 e. The van der Waals surface area contributed by atoms with Crippen molar-refractivity contribution < 1.29 is 4.39 Å². The molecule has 0 aliphatic heterocycles. The topological polar surface area (TPSA) is 42.7 Å². The van der Waals surface area contributed by atoms with Gasteiger partial charge in [0.15, 0.2) is 0 Å². The largest absolute Gasteiger partial charge is 0.366 e. The quantitative estimate of drug-likeness (QED) is 0.885. The number of halogens is 1. The summed E-state index contributed by atoms with van der Waals surface area (Å²) in [5, 5.41) is 7.49. The minimum atomic E-state index is -0.329. The van der Waals surface area contributed by atoms with Crippen LogP contribution >= 0.6 is 0 Å². The first-order chi connectivity index (χ1) is 8.08. The number of rotatable bonds is 3. The zero-order chi connectivity index (χ0) is 12.4. The van der Waals surface area contributed by atoms with Crippen molar-refractivity contribution in [1.82, 2.24) is 14.8 Å². The van der Waals surface area contributed by atoms with E-state index < -0.39 is 0 Å². The highest BCUT2D eigenvalue weighted by atomic mass is 19.1. The van der Waals surface area contributed by atoms with Crippen LogP contribution in [0.4, 0.5) is 10.2 Å². The van der Waals surface area contributed by atoms with Crippen LogP contribution in [0.1, 0.15) is 17.0 Å². The van der Waals surface area contributed by atoms with Crippen molar-refractivity contribution in [3.05, 3.63) is 41.1 Å². The number of aromatic nitrogens is 3. The molecule has 2 aromatic rings. The standard InChI is InChI=1S/C12H15FN4/c1-8-11(9(2)17(3)16-8)7-15-12-5-4-10(13)6-14-12/h4-6H,7H2,1-3H3,(H,14,15). The van der Waals surface area contributed by atoms with Crippen molar-refractivity contribution >= 4 is 5.82 Å². The second-order valence-electron chi connectivity index (χ2n) is 3.99. The van der Waals surface area contributed by atoms with Gasteiger partial charge in [0.05, 0.1) is 11.9 Å². The Kier molecular flexibility index (Phi) is 3.08. The molecule has 0 spiro atoms. The molecule has 0 bridgehead atoms. The van der Waals surface area contributed by atoms with Crippen LogP contribution in [-0.2, 0) is 13.6 Å². The van der Waals surface area contributed by atoms with Crippen molar-refractivity contribution in [2.75, 3.05) is 5.32 Å². The fourth-order valence-corrected chi connectivity index (χ4v) is 1.73. The molecule has 5 heteroatoms. The highest BCUT2D eigenvalue weighted by Gasteiger charge is 2.08. The maximum absolute atomic E-state index is 12.7. The van der Waals surface area contributed by atoms with Crippen LogP contribution in [0.3, 0.4) is 0 Å². The number of aryl methyl sites for hydroxylation is 2. The van der Waals surface area contributed by atoms with E-state index in [0.717, 1.165) is 17.0 Å². The van der Waals surface area contributed by atoms with E-state index in [1.807, 2.05) is 25.6 Å². The van der Waals surface area contributed by atoms with Gasteiger partial charge in [-0.1, -0.05) is 0 Å². The lowest BCUT2D eigenvalue weighted by Crippen LogP contribution is -2.03. The summed E-state index contributed by atoms with van der Waals surface area (Å²) in [7, 11) is 1.92. The van der Waals surface area contributed by atoms with E-state index in [1.165, 1.54) is 12.3 Å². The summed E-state index contributed by atoms with van der Waals surface area (Å²) in [6.07, 6.45) is 1.20.